The number of nitrogens with zero attached hydrogens (tertiary/aromatic N) is 2. The standard InChI is InChI=1S/C19H24N4O/c1-12-6-7-16(13(2)8-12)23-17-5-3-4-15(17)18(22-23)19(24)21-11-14-9-20-10-14/h6-8,14,20H,3-5,9-11H2,1-2H3,(H,21,24). The third-order valence-corrected chi connectivity index (χ3v) is 5.14. The van der Waals surface area contributed by atoms with Crippen LogP contribution in [0.25, 0.3) is 5.69 Å². The molecular weight excluding hydrogens is 300 g/mol. The van der Waals surface area contributed by atoms with Gasteiger partial charge >= 0.3 is 0 Å². The predicted molar refractivity (Wildman–Crippen MR) is 93.8 cm³/mol. The molecule has 1 aromatic carbocycles. The first-order chi connectivity index (χ1) is 11.6. The van der Waals surface area contributed by atoms with Gasteiger partial charge in [0.1, 0.15) is 0 Å². The summed E-state index contributed by atoms with van der Waals surface area (Å²) in [5.74, 6) is 0.534. The van der Waals surface area contributed by atoms with E-state index in [1.165, 1.54) is 16.8 Å². The number of amides is 1. The van der Waals surface area contributed by atoms with Crippen molar-refractivity contribution in [2.45, 2.75) is 33.1 Å². The van der Waals surface area contributed by atoms with Gasteiger partial charge in [-0.2, -0.15) is 5.10 Å². The highest BCUT2D eigenvalue weighted by atomic mass is 16.2. The van der Waals surface area contributed by atoms with Gasteiger partial charge < -0.3 is 10.6 Å². The minimum absolute atomic E-state index is 0.0245. The van der Waals surface area contributed by atoms with Crippen LogP contribution in [0.1, 0.15) is 39.3 Å². The van der Waals surface area contributed by atoms with E-state index in [0.717, 1.165) is 50.1 Å². The molecule has 2 heterocycles. The molecule has 126 valence electrons. The molecule has 0 bridgehead atoms. The fourth-order valence-corrected chi connectivity index (χ4v) is 3.68. The molecule has 1 aromatic heterocycles. The zero-order valence-corrected chi connectivity index (χ0v) is 14.4. The maximum absolute atomic E-state index is 12.6. The normalized spacial score (nSPS) is 16.8. The van der Waals surface area contributed by atoms with Crippen LogP contribution in [-0.4, -0.2) is 35.3 Å². The second-order valence-electron chi connectivity index (χ2n) is 7.06. The van der Waals surface area contributed by atoms with Gasteiger partial charge in [0.2, 0.25) is 0 Å². The Morgan fingerprint density at radius 1 is 1.33 bits per heavy atom. The van der Waals surface area contributed by atoms with Gasteiger partial charge in [-0.05, 0) is 44.7 Å². The predicted octanol–water partition coefficient (Wildman–Crippen LogP) is 1.93. The van der Waals surface area contributed by atoms with Crippen LogP contribution in [0.2, 0.25) is 0 Å². The fraction of sp³-hybridized carbons (Fsp3) is 0.474. The molecule has 0 saturated carbocycles. The number of hydrogen-bond acceptors (Lipinski definition) is 3. The lowest BCUT2D eigenvalue weighted by Crippen LogP contribution is -2.48. The summed E-state index contributed by atoms with van der Waals surface area (Å²) in [6, 6.07) is 6.38. The topological polar surface area (TPSA) is 59.0 Å². The zero-order chi connectivity index (χ0) is 16.7. The van der Waals surface area contributed by atoms with Crippen LogP contribution in [0.4, 0.5) is 0 Å². The van der Waals surface area contributed by atoms with Gasteiger partial charge in [-0.15, -0.1) is 0 Å². The van der Waals surface area contributed by atoms with E-state index in [0.29, 0.717) is 11.6 Å². The molecule has 1 aliphatic heterocycles. The van der Waals surface area contributed by atoms with E-state index in [1.54, 1.807) is 0 Å². The van der Waals surface area contributed by atoms with Crippen molar-refractivity contribution in [3.8, 4) is 5.69 Å². The Bertz CT molecular complexity index is 789. The van der Waals surface area contributed by atoms with Crippen molar-refractivity contribution in [3.05, 3.63) is 46.3 Å². The monoisotopic (exact) mass is 324 g/mol. The van der Waals surface area contributed by atoms with Crippen LogP contribution in [0.5, 0.6) is 0 Å². The number of aryl methyl sites for hydroxylation is 2. The van der Waals surface area contributed by atoms with E-state index in [9.17, 15) is 4.79 Å². The molecule has 24 heavy (non-hydrogen) atoms. The number of aromatic nitrogens is 2. The summed E-state index contributed by atoms with van der Waals surface area (Å²) < 4.78 is 2.00. The van der Waals surface area contributed by atoms with Crippen molar-refractivity contribution in [2.24, 2.45) is 5.92 Å². The van der Waals surface area contributed by atoms with Gasteiger partial charge in [0.15, 0.2) is 5.69 Å². The van der Waals surface area contributed by atoms with Crippen molar-refractivity contribution in [2.75, 3.05) is 19.6 Å². The number of nitrogens with one attached hydrogen (secondary N) is 2. The van der Waals surface area contributed by atoms with Crippen molar-refractivity contribution in [3.63, 3.8) is 0 Å². The van der Waals surface area contributed by atoms with Gasteiger partial charge in [-0.1, -0.05) is 17.7 Å². The van der Waals surface area contributed by atoms with Crippen molar-refractivity contribution < 1.29 is 4.79 Å². The van der Waals surface area contributed by atoms with E-state index in [4.69, 9.17) is 5.10 Å². The number of benzene rings is 1. The molecule has 1 saturated heterocycles. The van der Waals surface area contributed by atoms with E-state index in [-0.39, 0.29) is 5.91 Å². The minimum Gasteiger partial charge on any atom is -0.350 e. The molecule has 1 aliphatic carbocycles. The zero-order valence-electron chi connectivity index (χ0n) is 14.4. The van der Waals surface area contributed by atoms with Crippen LogP contribution in [-0.2, 0) is 12.8 Å². The molecule has 0 radical (unpaired) electrons. The molecule has 2 aromatic rings. The second-order valence-corrected chi connectivity index (χ2v) is 7.06. The number of hydrogen-bond donors (Lipinski definition) is 2. The van der Waals surface area contributed by atoms with Crippen LogP contribution < -0.4 is 10.6 Å². The summed E-state index contributed by atoms with van der Waals surface area (Å²) in [4.78, 5) is 12.6. The summed E-state index contributed by atoms with van der Waals surface area (Å²) in [7, 11) is 0. The fourth-order valence-electron chi connectivity index (χ4n) is 3.68. The highest BCUT2D eigenvalue weighted by molar-refractivity contribution is 5.94. The van der Waals surface area contributed by atoms with E-state index in [2.05, 4.69) is 42.7 Å². The molecule has 2 aliphatic rings. The van der Waals surface area contributed by atoms with E-state index < -0.39 is 0 Å². The third-order valence-electron chi connectivity index (χ3n) is 5.14. The molecule has 0 atom stereocenters. The van der Waals surface area contributed by atoms with Gasteiger partial charge in [-0.25, -0.2) is 4.68 Å². The first-order valence-corrected chi connectivity index (χ1v) is 8.81. The smallest absolute Gasteiger partial charge is 0.272 e. The molecule has 5 heteroatoms. The van der Waals surface area contributed by atoms with Crippen LogP contribution >= 0.6 is 0 Å². The van der Waals surface area contributed by atoms with Crippen LogP contribution in [0, 0.1) is 19.8 Å². The molecule has 0 spiro atoms. The Balaban J connectivity index is 1.65. The summed E-state index contributed by atoms with van der Waals surface area (Å²) in [5.41, 5.74) is 6.49. The van der Waals surface area contributed by atoms with E-state index in [1.807, 2.05) is 4.68 Å². The number of rotatable bonds is 4. The quantitative estimate of drug-likeness (QED) is 0.903. The molecule has 2 N–H and O–H groups in total. The van der Waals surface area contributed by atoms with Crippen molar-refractivity contribution >= 4 is 5.91 Å². The van der Waals surface area contributed by atoms with Crippen LogP contribution in [0.15, 0.2) is 18.2 Å². The lowest BCUT2D eigenvalue weighted by Gasteiger charge is -2.26. The highest BCUT2D eigenvalue weighted by Gasteiger charge is 2.28. The Kier molecular flexibility index (Phi) is 3.88. The number of carbonyl (C=O) groups is 1. The first-order valence-electron chi connectivity index (χ1n) is 8.81. The molecule has 1 amide bonds. The Morgan fingerprint density at radius 3 is 2.88 bits per heavy atom. The lowest BCUT2D eigenvalue weighted by molar-refractivity contribution is 0.0936. The van der Waals surface area contributed by atoms with Gasteiger partial charge in [0.25, 0.3) is 5.91 Å². The second kappa shape index (κ2) is 6.06. The lowest BCUT2D eigenvalue weighted by atomic mass is 10.0. The third kappa shape index (κ3) is 2.63. The highest BCUT2D eigenvalue weighted by Crippen LogP contribution is 2.29. The maximum Gasteiger partial charge on any atom is 0.272 e. The molecule has 0 unspecified atom stereocenters. The number of fused-ring (bicyclic) bond motifs is 1. The van der Waals surface area contributed by atoms with Gasteiger partial charge in [0.05, 0.1) is 5.69 Å². The van der Waals surface area contributed by atoms with Gasteiger partial charge in [0, 0.05) is 36.8 Å². The Morgan fingerprint density at radius 2 is 2.17 bits per heavy atom. The van der Waals surface area contributed by atoms with Crippen molar-refractivity contribution in [1.29, 1.82) is 0 Å². The summed E-state index contributed by atoms with van der Waals surface area (Å²) in [5, 5.41) is 11.0. The summed E-state index contributed by atoms with van der Waals surface area (Å²) in [6.45, 7) is 6.93. The molecular formula is C19H24N4O. The Hall–Kier alpha value is -2.14. The number of carbonyl (C=O) groups excluding carboxylic acids is 1. The van der Waals surface area contributed by atoms with Gasteiger partial charge in [-0.3, -0.25) is 4.79 Å². The van der Waals surface area contributed by atoms with Crippen LogP contribution in [0.3, 0.4) is 0 Å². The maximum atomic E-state index is 12.6. The van der Waals surface area contributed by atoms with Crippen molar-refractivity contribution in [1.82, 2.24) is 20.4 Å². The SMILES string of the molecule is Cc1ccc(-n2nc(C(=O)NCC3CNC3)c3c2CCC3)c(C)c1. The first kappa shape index (κ1) is 15.4. The largest absolute Gasteiger partial charge is 0.350 e. The van der Waals surface area contributed by atoms with E-state index >= 15 is 0 Å². The molecule has 5 nitrogen and oxygen atoms in total. The molecule has 1 fully saturated rings. The minimum atomic E-state index is -0.0245. The summed E-state index contributed by atoms with van der Waals surface area (Å²) in [6.07, 6.45) is 3.05. The average Bonchev–Trinajstić information content (AvgIpc) is 3.08. The Labute approximate surface area is 142 Å². The summed E-state index contributed by atoms with van der Waals surface area (Å²) >= 11 is 0. The molecule has 4 rings (SSSR count). The average molecular weight is 324 g/mol.